The van der Waals surface area contributed by atoms with E-state index in [-0.39, 0.29) is 11.3 Å². The summed E-state index contributed by atoms with van der Waals surface area (Å²) in [5, 5.41) is 0. The molecule has 4 rings (SSSR count). The van der Waals surface area contributed by atoms with Crippen LogP contribution in [0, 0.1) is 11.6 Å². The summed E-state index contributed by atoms with van der Waals surface area (Å²) in [6.45, 7) is 2.04. The molecular weight excluding hydrogens is 406 g/mol. The first kappa shape index (κ1) is 20.5. The van der Waals surface area contributed by atoms with Crippen molar-refractivity contribution in [2.75, 3.05) is 10.5 Å². The Kier molecular flexibility index (Phi) is 5.81. The molecule has 4 nitrogen and oxygen atoms in total. The van der Waals surface area contributed by atoms with Crippen LogP contribution in [0.15, 0.2) is 53.5 Å². The van der Waals surface area contributed by atoms with Crippen LogP contribution in [-0.2, 0) is 7.05 Å². The van der Waals surface area contributed by atoms with Gasteiger partial charge in [0.15, 0.2) is 11.6 Å². The molecule has 0 saturated heterocycles. The van der Waals surface area contributed by atoms with Gasteiger partial charge in [0.2, 0.25) is 0 Å². The Morgan fingerprint density at radius 2 is 1.90 bits per heavy atom. The first-order valence-electron chi connectivity index (χ1n) is 9.82. The fraction of sp³-hybridized carbons (Fsp3) is 0.261. The number of pyridine rings is 1. The number of nitrogens with one attached hydrogen (secondary N) is 1. The van der Waals surface area contributed by atoms with Gasteiger partial charge in [-0.3, -0.25) is 4.79 Å². The number of hydrogen-bond acceptors (Lipinski definition) is 4. The first-order valence-corrected chi connectivity index (χ1v) is 10.8. The van der Waals surface area contributed by atoms with Crippen molar-refractivity contribution in [3.8, 4) is 22.6 Å². The fourth-order valence-corrected chi connectivity index (χ4v) is 3.75. The highest BCUT2D eigenvalue weighted by Gasteiger charge is 2.27. The molecule has 0 unspecified atom stereocenters. The van der Waals surface area contributed by atoms with Gasteiger partial charge in [0.1, 0.15) is 11.6 Å². The molecule has 0 aliphatic heterocycles. The van der Waals surface area contributed by atoms with Crippen LogP contribution < -0.4 is 15.0 Å². The van der Waals surface area contributed by atoms with Crippen LogP contribution in [0.4, 0.5) is 14.5 Å². The van der Waals surface area contributed by atoms with E-state index in [2.05, 4.69) is 4.72 Å². The summed E-state index contributed by atoms with van der Waals surface area (Å²) < 4.78 is 38.1. The van der Waals surface area contributed by atoms with Crippen molar-refractivity contribution in [1.82, 2.24) is 4.57 Å². The molecule has 7 heteroatoms. The standard InChI is InChI=1S/C23H22F2N2O2S/c1-3-30-26-17-7-9-21(29-22-8-6-16(24)11-20(22)25)18(12-17)15-10-19(14-4-5-14)23(28)27(2)13-15/h6-14,26H,3-5H2,1-2H3. The van der Waals surface area contributed by atoms with E-state index in [1.54, 1.807) is 35.8 Å². The minimum atomic E-state index is -0.774. The lowest BCUT2D eigenvalue weighted by atomic mass is 10.0. The number of anilines is 1. The van der Waals surface area contributed by atoms with E-state index < -0.39 is 11.6 Å². The van der Waals surface area contributed by atoms with Crippen LogP contribution in [0.5, 0.6) is 11.5 Å². The minimum Gasteiger partial charge on any atom is -0.454 e. The third-order valence-corrected chi connectivity index (χ3v) is 5.64. The number of nitrogens with zero attached hydrogens (tertiary/aromatic N) is 1. The number of hydrogen-bond donors (Lipinski definition) is 1. The Bertz CT molecular complexity index is 1140. The maximum Gasteiger partial charge on any atom is 0.253 e. The highest BCUT2D eigenvalue weighted by atomic mass is 32.2. The first-order chi connectivity index (χ1) is 14.5. The minimum absolute atomic E-state index is 0.00381. The van der Waals surface area contributed by atoms with Gasteiger partial charge in [0, 0.05) is 47.4 Å². The van der Waals surface area contributed by atoms with Gasteiger partial charge in [-0.1, -0.05) is 18.9 Å². The molecule has 1 aromatic heterocycles. The number of aryl methyl sites for hydroxylation is 1. The van der Waals surface area contributed by atoms with Crippen LogP contribution in [0.2, 0.25) is 0 Å². The van der Waals surface area contributed by atoms with Gasteiger partial charge < -0.3 is 14.0 Å². The zero-order valence-corrected chi connectivity index (χ0v) is 17.6. The highest BCUT2D eigenvalue weighted by molar-refractivity contribution is 8.00. The van der Waals surface area contributed by atoms with E-state index in [1.165, 1.54) is 6.07 Å². The largest absolute Gasteiger partial charge is 0.454 e. The summed E-state index contributed by atoms with van der Waals surface area (Å²) in [6, 6.07) is 10.6. The Morgan fingerprint density at radius 1 is 1.13 bits per heavy atom. The second kappa shape index (κ2) is 8.52. The number of aromatic nitrogens is 1. The summed E-state index contributed by atoms with van der Waals surface area (Å²) >= 11 is 1.55. The lowest BCUT2D eigenvalue weighted by Crippen LogP contribution is -2.20. The second-order valence-corrected chi connectivity index (χ2v) is 8.37. The molecule has 0 spiro atoms. The van der Waals surface area contributed by atoms with Gasteiger partial charge >= 0.3 is 0 Å². The zero-order valence-electron chi connectivity index (χ0n) is 16.7. The molecule has 0 amide bonds. The zero-order chi connectivity index (χ0) is 21.3. The Hall–Kier alpha value is -2.80. The third kappa shape index (κ3) is 4.36. The van der Waals surface area contributed by atoms with Crippen LogP contribution >= 0.6 is 11.9 Å². The molecular formula is C23H22F2N2O2S. The van der Waals surface area contributed by atoms with Gasteiger partial charge in [0.25, 0.3) is 5.56 Å². The van der Waals surface area contributed by atoms with E-state index in [4.69, 9.17) is 4.74 Å². The summed E-state index contributed by atoms with van der Waals surface area (Å²) in [5.41, 5.74) is 3.18. The monoisotopic (exact) mass is 428 g/mol. The predicted molar refractivity (Wildman–Crippen MR) is 117 cm³/mol. The predicted octanol–water partition coefficient (Wildman–Crippen LogP) is 6.08. The molecule has 30 heavy (non-hydrogen) atoms. The summed E-state index contributed by atoms with van der Waals surface area (Å²) in [7, 11) is 1.73. The lowest BCUT2D eigenvalue weighted by molar-refractivity contribution is 0.439. The molecule has 1 N–H and O–H groups in total. The van der Waals surface area contributed by atoms with Gasteiger partial charge in [-0.05, 0) is 55.2 Å². The van der Waals surface area contributed by atoms with Crippen molar-refractivity contribution < 1.29 is 13.5 Å². The maximum absolute atomic E-state index is 14.2. The van der Waals surface area contributed by atoms with Crippen molar-refractivity contribution in [3.05, 3.63) is 76.2 Å². The topological polar surface area (TPSA) is 43.3 Å². The highest BCUT2D eigenvalue weighted by Crippen LogP contribution is 2.41. The van der Waals surface area contributed by atoms with Crippen LogP contribution in [0.3, 0.4) is 0 Å². The molecule has 1 aliphatic carbocycles. The third-order valence-electron chi connectivity index (χ3n) is 4.97. The molecule has 1 heterocycles. The SMILES string of the molecule is CCSNc1ccc(Oc2ccc(F)cc2F)c(-c2cc(C3CC3)c(=O)n(C)c2)c1. The second-order valence-electron chi connectivity index (χ2n) is 7.30. The van der Waals surface area contributed by atoms with Gasteiger partial charge in [-0.25, -0.2) is 8.78 Å². The quantitative estimate of drug-likeness (QED) is 0.463. The van der Waals surface area contributed by atoms with Crippen LogP contribution in [0.1, 0.15) is 31.2 Å². The molecule has 1 fully saturated rings. The Balaban J connectivity index is 1.80. The van der Waals surface area contributed by atoms with Crippen LogP contribution in [-0.4, -0.2) is 10.3 Å². The fourth-order valence-electron chi connectivity index (χ4n) is 3.31. The average molecular weight is 429 g/mol. The number of halogens is 2. The number of ether oxygens (including phenoxy) is 1. The summed E-state index contributed by atoms with van der Waals surface area (Å²) in [5.74, 6) is 0.105. The smallest absolute Gasteiger partial charge is 0.253 e. The molecule has 156 valence electrons. The van der Waals surface area contributed by atoms with E-state index in [9.17, 15) is 13.6 Å². The molecule has 3 aromatic rings. The van der Waals surface area contributed by atoms with Crippen molar-refractivity contribution in [2.45, 2.75) is 25.7 Å². The summed E-state index contributed by atoms with van der Waals surface area (Å²) in [6.07, 6.45) is 3.78. The molecule has 0 bridgehead atoms. The molecule has 0 atom stereocenters. The Morgan fingerprint density at radius 3 is 2.60 bits per heavy atom. The van der Waals surface area contributed by atoms with E-state index in [0.717, 1.165) is 53.1 Å². The maximum atomic E-state index is 14.2. The van der Waals surface area contributed by atoms with E-state index >= 15 is 0 Å². The van der Waals surface area contributed by atoms with Crippen molar-refractivity contribution in [1.29, 1.82) is 0 Å². The van der Waals surface area contributed by atoms with Gasteiger partial charge in [0.05, 0.1) is 0 Å². The molecule has 1 aliphatic rings. The number of rotatable bonds is 7. The lowest BCUT2D eigenvalue weighted by Gasteiger charge is -2.16. The average Bonchev–Trinajstić information content (AvgIpc) is 3.56. The molecule has 0 radical (unpaired) electrons. The Labute approximate surface area is 178 Å². The van der Waals surface area contributed by atoms with Crippen molar-refractivity contribution in [3.63, 3.8) is 0 Å². The summed E-state index contributed by atoms with van der Waals surface area (Å²) in [4.78, 5) is 12.5. The van der Waals surface area contributed by atoms with E-state index in [0.29, 0.717) is 11.7 Å². The van der Waals surface area contributed by atoms with Crippen LogP contribution in [0.25, 0.3) is 11.1 Å². The van der Waals surface area contributed by atoms with E-state index in [1.807, 2.05) is 25.1 Å². The normalized spacial score (nSPS) is 13.3. The molecule has 1 saturated carbocycles. The number of benzene rings is 2. The van der Waals surface area contributed by atoms with Gasteiger partial charge in [-0.15, -0.1) is 0 Å². The van der Waals surface area contributed by atoms with Crippen molar-refractivity contribution in [2.24, 2.45) is 7.05 Å². The van der Waals surface area contributed by atoms with Gasteiger partial charge in [-0.2, -0.15) is 0 Å². The molecule has 2 aromatic carbocycles. The van der Waals surface area contributed by atoms with Crippen molar-refractivity contribution >= 4 is 17.6 Å².